The molecule has 0 saturated heterocycles. The van der Waals surface area contributed by atoms with Crippen LogP contribution in [0.4, 0.5) is 35.3 Å². The lowest BCUT2D eigenvalue weighted by atomic mass is 10.1. The summed E-state index contributed by atoms with van der Waals surface area (Å²) in [6.07, 6.45) is -1.16. The van der Waals surface area contributed by atoms with Gasteiger partial charge in [0, 0.05) is 25.4 Å². The average Bonchev–Trinajstić information content (AvgIpc) is 3.35. The maximum absolute atomic E-state index is 14.2. The van der Waals surface area contributed by atoms with Crippen molar-refractivity contribution in [1.82, 2.24) is 14.8 Å². The van der Waals surface area contributed by atoms with Crippen molar-refractivity contribution in [3.05, 3.63) is 82.6 Å². The minimum atomic E-state index is -4.94. The van der Waals surface area contributed by atoms with E-state index in [1.54, 1.807) is 10.7 Å². The summed E-state index contributed by atoms with van der Waals surface area (Å²) in [5.41, 5.74) is 0.897. The second-order valence-corrected chi connectivity index (χ2v) is 10.1. The largest absolute Gasteiger partial charge is 0.456 e. The molecule has 0 spiro atoms. The van der Waals surface area contributed by atoms with Crippen LogP contribution in [0.25, 0.3) is 5.69 Å². The number of aryl methyl sites for hydroxylation is 2. The Balaban J connectivity index is 1.57. The number of carbonyl (C=O) groups excluding carboxylic acids is 2. The van der Waals surface area contributed by atoms with E-state index in [4.69, 9.17) is 21.1 Å². The van der Waals surface area contributed by atoms with Crippen LogP contribution in [-0.2, 0) is 22.1 Å². The van der Waals surface area contributed by atoms with Gasteiger partial charge in [0.25, 0.3) is 5.91 Å². The molecule has 0 saturated carbocycles. The summed E-state index contributed by atoms with van der Waals surface area (Å²) in [4.78, 5) is 28.7. The monoisotopic (exact) mass is 630 g/mol. The lowest BCUT2D eigenvalue weighted by Crippen LogP contribution is -2.22. The zero-order valence-electron chi connectivity index (χ0n) is 24.1. The first-order chi connectivity index (χ1) is 21.0. The van der Waals surface area contributed by atoms with E-state index < -0.39 is 34.5 Å². The third kappa shape index (κ3) is 8.26. The van der Waals surface area contributed by atoms with Crippen LogP contribution < -0.4 is 20.7 Å². The molecule has 0 aliphatic heterocycles. The molecule has 0 unspecified atom stereocenters. The van der Waals surface area contributed by atoms with Crippen LogP contribution in [0.5, 0.6) is 11.5 Å². The van der Waals surface area contributed by atoms with Crippen molar-refractivity contribution >= 4 is 40.9 Å². The first kappa shape index (κ1) is 32.3. The van der Waals surface area contributed by atoms with E-state index in [0.717, 1.165) is 30.2 Å². The van der Waals surface area contributed by atoms with E-state index in [-0.39, 0.29) is 23.9 Å². The second kappa shape index (κ2) is 14.2. The van der Waals surface area contributed by atoms with Crippen molar-refractivity contribution in [3.8, 4) is 17.2 Å². The second-order valence-electron chi connectivity index (χ2n) is 9.71. The number of ether oxygens (including phenoxy) is 2. The summed E-state index contributed by atoms with van der Waals surface area (Å²) in [7, 11) is 1.34. The van der Waals surface area contributed by atoms with Crippen LogP contribution in [0.15, 0.2) is 60.8 Å². The van der Waals surface area contributed by atoms with Crippen molar-refractivity contribution in [3.63, 3.8) is 0 Å². The fourth-order valence-electron chi connectivity index (χ4n) is 4.14. The van der Waals surface area contributed by atoms with Crippen molar-refractivity contribution < 1.29 is 32.2 Å². The molecule has 0 atom stereocenters. The molecule has 0 aliphatic rings. The molecule has 0 fully saturated rings. The number of urea groups is 1. The lowest BCUT2D eigenvalue weighted by Gasteiger charge is -2.18. The number of hydrogen-bond acceptors (Lipinski definition) is 6. The van der Waals surface area contributed by atoms with Gasteiger partial charge in [-0.05, 0) is 50.1 Å². The predicted octanol–water partition coefficient (Wildman–Crippen LogP) is 7.61. The molecule has 0 bridgehead atoms. The number of pyridine rings is 1. The summed E-state index contributed by atoms with van der Waals surface area (Å²) < 4.78 is 54.4. The van der Waals surface area contributed by atoms with Crippen molar-refractivity contribution in [2.45, 2.75) is 39.3 Å². The topological polar surface area (TPSA) is 119 Å². The molecule has 0 radical (unpaired) electrons. The zero-order chi connectivity index (χ0) is 31.9. The number of nitrogens with one attached hydrogen (secondary N) is 3. The van der Waals surface area contributed by atoms with E-state index in [1.807, 2.05) is 31.2 Å². The summed E-state index contributed by atoms with van der Waals surface area (Å²) in [5.74, 6) is -0.802. The van der Waals surface area contributed by atoms with Gasteiger partial charge in [0.1, 0.15) is 35.3 Å². The molecule has 10 nitrogen and oxygen atoms in total. The van der Waals surface area contributed by atoms with Crippen LogP contribution in [0, 0.1) is 6.92 Å². The van der Waals surface area contributed by atoms with Gasteiger partial charge in [-0.1, -0.05) is 42.6 Å². The number of unbranched alkanes of at least 4 members (excludes halogenated alkanes) is 1. The van der Waals surface area contributed by atoms with Gasteiger partial charge in [0.2, 0.25) is 0 Å². The van der Waals surface area contributed by atoms with Crippen LogP contribution in [0.3, 0.4) is 0 Å². The summed E-state index contributed by atoms with van der Waals surface area (Å²) in [6, 6.07) is 13.2. The number of carbonyl (C=O) groups is 2. The maximum atomic E-state index is 14.2. The number of rotatable bonds is 11. The number of methoxy groups -OCH3 is 1. The van der Waals surface area contributed by atoms with Crippen LogP contribution >= 0.6 is 11.6 Å². The summed E-state index contributed by atoms with van der Waals surface area (Å²) in [5, 5.41) is 11.3. The number of alkyl halides is 3. The molecule has 2 aromatic heterocycles. The highest BCUT2D eigenvalue weighted by atomic mass is 35.5. The SMILES string of the molecule is CCCCc1cc(NC(=O)Nc2ccc(Oc3ccnc(NC(=O)COC)c3)c(C(F)(F)F)c2Cl)n(-c2ccc(C)cc2)n1. The molecule has 232 valence electrons. The van der Waals surface area contributed by atoms with E-state index in [2.05, 4.69) is 33.0 Å². The third-order valence-electron chi connectivity index (χ3n) is 6.20. The minimum absolute atomic E-state index is 0.0434. The number of amides is 3. The van der Waals surface area contributed by atoms with Crippen molar-refractivity contribution in [2.24, 2.45) is 0 Å². The molecular weight excluding hydrogens is 601 g/mol. The maximum Gasteiger partial charge on any atom is 0.421 e. The first-order valence-electron chi connectivity index (χ1n) is 13.5. The van der Waals surface area contributed by atoms with Crippen LogP contribution in [0.2, 0.25) is 5.02 Å². The van der Waals surface area contributed by atoms with Crippen LogP contribution in [-0.4, -0.2) is 40.4 Å². The Kier molecular flexibility index (Phi) is 10.4. The molecule has 3 N–H and O–H groups in total. The van der Waals surface area contributed by atoms with Gasteiger partial charge in [-0.25, -0.2) is 14.5 Å². The normalized spacial score (nSPS) is 11.2. The molecule has 14 heteroatoms. The Morgan fingerprint density at radius 3 is 2.45 bits per heavy atom. The van der Waals surface area contributed by atoms with Gasteiger partial charge >= 0.3 is 12.2 Å². The van der Waals surface area contributed by atoms with Gasteiger partial charge in [0.05, 0.1) is 22.1 Å². The molecule has 2 heterocycles. The number of nitrogens with zero attached hydrogens (tertiary/aromatic N) is 3. The quantitative estimate of drug-likeness (QED) is 0.157. The molecule has 2 aromatic carbocycles. The fraction of sp³-hybridized carbons (Fsp3) is 0.267. The number of benzene rings is 2. The van der Waals surface area contributed by atoms with E-state index in [1.165, 1.54) is 31.5 Å². The van der Waals surface area contributed by atoms with Crippen molar-refractivity contribution in [1.29, 1.82) is 0 Å². The Morgan fingerprint density at radius 2 is 1.77 bits per heavy atom. The van der Waals surface area contributed by atoms with E-state index >= 15 is 0 Å². The molecule has 0 aliphatic carbocycles. The van der Waals surface area contributed by atoms with Gasteiger partial charge in [-0.15, -0.1) is 0 Å². The fourth-order valence-corrected chi connectivity index (χ4v) is 4.45. The summed E-state index contributed by atoms with van der Waals surface area (Å²) in [6.45, 7) is 3.76. The molecule has 44 heavy (non-hydrogen) atoms. The third-order valence-corrected chi connectivity index (χ3v) is 6.60. The smallest absolute Gasteiger partial charge is 0.421 e. The van der Waals surface area contributed by atoms with Gasteiger partial charge < -0.3 is 20.1 Å². The Labute approximate surface area is 256 Å². The highest BCUT2D eigenvalue weighted by molar-refractivity contribution is 6.35. The molecule has 4 rings (SSSR count). The zero-order valence-corrected chi connectivity index (χ0v) is 24.8. The number of halogens is 4. The highest BCUT2D eigenvalue weighted by Gasteiger charge is 2.38. The Bertz CT molecular complexity index is 1630. The first-order valence-corrected chi connectivity index (χ1v) is 13.9. The Morgan fingerprint density at radius 1 is 1.02 bits per heavy atom. The molecule has 3 amide bonds. The number of anilines is 3. The van der Waals surface area contributed by atoms with E-state index in [0.29, 0.717) is 17.9 Å². The van der Waals surface area contributed by atoms with Gasteiger partial charge in [-0.3, -0.25) is 10.1 Å². The van der Waals surface area contributed by atoms with Gasteiger partial charge in [0.15, 0.2) is 0 Å². The van der Waals surface area contributed by atoms with Gasteiger partial charge in [-0.2, -0.15) is 18.3 Å². The number of aromatic nitrogens is 3. The highest BCUT2D eigenvalue weighted by Crippen LogP contribution is 2.45. The number of hydrogen-bond donors (Lipinski definition) is 3. The van der Waals surface area contributed by atoms with E-state index in [9.17, 15) is 22.8 Å². The summed E-state index contributed by atoms with van der Waals surface area (Å²) >= 11 is 6.21. The van der Waals surface area contributed by atoms with Crippen molar-refractivity contribution in [2.75, 3.05) is 29.7 Å². The standard InChI is InChI=1S/C30H30ClF3N6O4/c1-4-5-6-19-15-25(40(39-19)20-9-7-18(2)8-10-20)38-29(42)36-22-11-12-23(27(28(22)31)30(32,33)34)44-21-13-14-35-24(16-21)37-26(41)17-43-3/h7-16H,4-6,17H2,1-3H3,(H,35,37,41)(H2,36,38,42). The molecule has 4 aromatic rings. The average molecular weight is 631 g/mol. The minimum Gasteiger partial charge on any atom is -0.456 e. The molecular formula is C30H30ClF3N6O4. The Hall–Kier alpha value is -4.62. The predicted molar refractivity (Wildman–Crippen MR) is 161 cm³/mol. The van der Waals surface area contributed by atoms with Crippen LogP contribution in [0.1, 0.15) is 36.6 Å². The lowest BCUT2D eigenvalue weighted by molar-refractivity contribution is -0.138.